The molecule has 5 nitrogen and oxygen atoms in total. The van der Waals surface area contributed by atoms with Crippen molar-refractivity contribution < 1.29 is 0 Å². The summed E-state index contributed by atoms with van der Waals surface area (Å²) in [6.07, 6.45) is 3.20. The standard InChI is InChI=1S/C13H21N5S/c1-13(2,3)10-6-5-9(8-14)11(7-10)19-12-15-16-17-18(12)4/h9-11H,5-7H2,1-4H3. The van der Waals surface area contributed by atoms with Crippen LogP contribution in [0.15, 0.2) is 5.16 Å². The largest absolute Gasteiger partial charge is 0.224 e. The summed E-state index contributed by atoms with van der Waals surface area (Å²) in [6, 6.07) is 2.46. The Labute approximate surface area is 118 Å². The van der Waals surface area contributed by atoms with Crippen LogP contribution < -0.4 is 0 Å². The first-order valence-corrected chi connectivity index (χ1v) is 7.58. The molecule has 0 radical (unpaired) electrons. The summed E-state index contributed by atoms with van der Waals surface area (Å²) >= 11 is 1.65. The molecule has 0 bridgehead atoms. The first-order valence-electron chi connectivity index (χ1n) is 6.70. The maximum absolute atomic E-state index is 9.33. The molecule has 0 aromatic carbocycles. The summed E-state index contributed by atoms with van der Waals surface area (Å²) < 4.78 is 1.68. The Kier molecular flexibility index (Phi) is 4.14. The van der Waals surface area contributed by atoms with Gasteiger partial charge in [-0.25, -0.2) is 4.68 Å². The van der Waals surface area contributed by atoms with E-state index < -0.39 is 0 Å². The predicted molar refractivity (Wildman–Crippen MR) is 74.3 cm³/mol. The van der Waals surface area contributed by atoms with Gasteiger partial charge >= 0.3 is 0 Å². The van der Waals surface area contributed by atoms with Crippen LogP contribution in [0.5, 0.6) is 0 Å². The lowest BCUT2D eigenvalue weighted by molar-refractivity contribution is 0.169. The zero-order valence-corrected chi connectivity index (χ0v) is 12.8. The molecule has 19 heavy (non-hydrogen) atoms. The van der Waals surface area contributed by atoms with Gasteiger partial charge in [-0.15, -0.1) is 5.10 Å². The van der Waals surface area contributed by atoms with E-state index in [1.54, 1.807) is 16.4 Å². The van der Waals surface area contributed by atoms with Crippen LogP contribution >= 0.6 is 11.8 Å². The summed E-state index contributed by atoms with van der Waals surface area (Å²) in [5.41, 5.74) is 0.303. The first-order chi connectivity index (χ1) is 8.91. The van der Waals surface area contributed by atoms with E-state index in [9.17, 15) is 5.26 Å². The average Bonchev–Trinajstić information content (AvgIpc) is 2.74. The highest BCUT2D eigenvalue weighted by atomic mass is 32.2. The second kappa shape index (κ2) is 5.49. The van der Waals surface area contributed by atoms with Gasteiger partial charge in [0.1, 0.15) is 0 Å². The molecule has 1 heterocycles. The Balaban J connectivity index is 2.11. The van der Waals surface area contributed by atoms with Gasteiger partial charge in [0.05, 0.1) is 12.0 Å². The van der Waals surface area contributed by atoms with Crippen molar-refractivity contribution in [1.82, 2.24) is 20.2 Å². The summed E-state index contributed by atoms with van der Waals surface area (Å²) in [5.74, 6) is 0.774. The molecule has 0 aliphatic heterocycles. The van der Waals surface area contributed by atoms with Crippen molar-refractivity contribution in [3.8, 4) is 6.07 Å². The number of tetrazole rings is 1. The maximum atomic E-state index is 9.33. The lowest BCUT2D eigenvalue weighted by Crippen LogP contribution is -2.33. The normalized spacial score (nSPS) is 28.1. The van der Waals surface area contributed by atoms with E-state index in [-0.39, 0.29) is 5.92 Å². The molecule has 2 rings (SSSR count). The van der Waals surface area contributed by atoms with Crippen LogP contribution in [0, 0.1) is 28.6 Å². The van der Waals surface area contributed by atoms with Gasteiger partial charge in [-0.3, -0.25) is 0 Å². The molecule has 1 aromatic rings. The molecule has 0 amide bonds. The van der Waals surface area contributed by atoms with Gasteiger partial charge in [0, 0.05) is 12.3 Å². The molecular formula is C13H21N5S. The molecule has 104 valence electrons. The van der Waals surface area contributed by atoms with Gasteiger partial charge in [0.2, 0.25) is 5.16 Å². The van der Waals surface area contributed by atoms with Gasteiger partial charge < -0.3 is 0 Å². The summed E-state index contributed by atoms with van der Waals surface area (Å²) in [7, 11) is 1.84. The third kappa shape index (κ3) is 3.27. The Bertz CT molecular complexity index is 470. The van der Waals surface area contributed by atoms with E-state index in [0.29, 0.717) is 16.6 Å². The van der Waals surface area contributed by atoms with Crippen LogP contribution in [-0.2, 0) is 7.05 Å². The van der Waals surface area contributed by atoms with Crippen LogP contribution in [0.4, 0.5) is 0 Å². The second-order valence-electron chi connectivity index (χ2n) is 6.35. The fourth-order valence-electron chi connectivity index (χ4n) is 2.65. The molecule has 0 saturated heterocycles. The molecule has 1 saturated carbocycles. The van der Waals surface area contributed by atoms with E-state index in [0.717, 1.165) is 24.4 Å². The molecule has 1 aromatic heterocycles. The number of hydrogen-bond acceptors (Lipinski definition) is 5. The molecular weight excluding hydrogens is 258 g/mol. The third-order valence-electron chi connectivity index (χ3n) is 4.02. The number of nitriles is 1. The molecule has 6 heteroatoms. The number of aryl methyl sites for hydroxylation is 1. The second-order valence-corrected chi connectivity index (χ2v) is 7.56. The van der Waals surface area contributed by atoms with Crippen molar-refractivity contribution in [3.63, 3.8) is 0 Å². The third-order valence-corrected chi connectivity index (χ3v) is 5.40. The monoisotopic (exact) mass is 279 g/mol. The van der Waals surface area contributed by atoms with Crippen LogP contribution in [0.3, 0.4) is 0 Å². The van der Waals surface area contributed by atoms with Crippen LogP contribution in [0.25, 0.3) is 0 Å². The van der Waals surface area contributed by atoms with Crippen LogP contribution in [0.1, 0.15) is 40.0 Å². The first kappa shape index (κ1) is 14.3. The highest BCUT2D eigenvalue weighted by Crippen LogP contribution is 2.45. The summed E-state index contributed by atoms with van der Waals surface area (Å²) in [6.45, 7) is 6.86. The Hall–Kier alpha value is -1.09. The molecule has 1 fully saturated rings. The van der Waals surface area contributed by atoms with Crippen molar-refractivity contribution in [1.29, 1.82) is 5.26 Å². The zero-order chi connectivity index (χ0) is 14.0. The minimum atomic E-state index is 0.111. The SMILES string of the molecule is Cn1nnnc1SC1CC(C(C)(C)C)CCC1C#N. The molecule has 3 unspecified atom stereocenters. The molecule has 0 spiro atoms. The Morgan fingerprint density at radius 1 is 1.37 bits per heavy atom. The molecule has 1 aliphatic carbocycles. The van der Waals surface area contributed by atoms with Crippen molar-refractivity contribution in [3.05, 3.63) is 0 Å². The van der Waals surface area contributed by atoms with E-state index in [2.05, 4.69) is 42.4 Å². The lowest BCUT2D eigenvalue weighted by atomic mass is 9.70. The predicted octanol–water partition coefficient (Wildman–Crippen LogP) is 2.66. The van der Waals surface area contributed by atoms with Gasteiger partial charge in [0.25, 0.3) is 0 Å². The summed E-state index contributed by atoms with van der Waals surface area (Å²) in [4.78, 5) is 0. The number of rotatable bonds is 2. The fourth-order valence-corrected chi connectivity index (χ4v) is 3.88. The van der Waals surface area contributed by atoms with Crippen LogP contribution in [-0.4, -0.2) is 25.5 Å². The number of nitrogens with zero attached hydrogens (tertiary/aromatic N) is 5. The van der Waals surface area contributed by atoms with Crippen molar-refractivity contribution >= 4 is 11.8 Å². The van der Waals surface area contributed by atoms with Gasteiger partial charge in [0.15, 0.2) is 0 Å². The molecule has 3 atom stereocenters. The lowest BCUT2D eigenvalue weighted by Gasteiger charge is -2.39. The highest BCUT2D eigenvalue weighted by Gasteiger charge is 2.37. The van der Waals surface area contributed by atoms with Crippen LogP contribution in [0.2, 0.25) is 0 Å². The zero-order valence-electron chi connectivity index (χ0n) is 12.0. The molecule has 0 N–H and O–H groups in total. The Morgan fingerprint density at radius 2 is 2.11 bits per heavy atom. The number of aromatic nitrogens is 4. The quantitative estimate of drug-likeness (QED) is 0.832. The smallest absolute Gasteiger partial charge is 0.209 e. The topological polar surface area (TPSA) is 67.4 Å². The summed E-state index contributed by atoms with van der Waals surface area (Å²) in [5, 5.41) is 22.0. The van der Waals surface area contributed by atoms with Crippen molar-refractivity contribution in [2.45, 2.75) is 50.4 Å². The van der Waals surface area contributed by atoms with E-state index in [4.69, 9.17) is 0 Å². The van der Waals surface area contributed by atoms with Crippen molar-refractivity contribution in [2.24, 2.45) is 24.3 Å². The maximum Gasteiger partial charge on any atom is 0.209 e. The van der Waals surface area contributed by atoms with E-state index in [1.807, 2.05) is 7.05 Å². The number of hydrogen-bond donors (Lipinski definition) is 0. The van der Waals surface area contributed by atoms with E-state index in [1.165, 1.54) is 0 Å². The minimum absolute atomic E-state index is 0.111. The van der Waals surface area contributed by atoms with Gasteiger partial charge in [-0.05, 0) is 41.0 Å². The Morgan fingerprint density at radius 3 is 2.63 bits per heavy atom. The number of thioether (sulfide) groups is 1. The molecule has 1 aliphatic rings. The average molecular weight is 279 g/mol. The van der Waals surface area contributed by atoms with Crippen molar-refractivity contribution in [2.75, 3.05) is 0 Å². The van der Waals surface area contributed by atoms with E-state index >= 15 is 0 Å². The fraction of sp³-hybridized carbons (Fsp3) is 0.846. The highest BCUT2D eigenvalue weighted by molar-refractivity contribution is 7.99. The van der Waals surface area contributed by atoms with Gasteiger partial charge in [-0.1, -0.05) is 32.5 Å². The van der Waals surface area contributed by atoms with Gasteiger partial charge in [-0.2, -0.15) is 5.26 Å². The minimum Gasteiger partial charge on any atom is -0.224 e.